The second-order valence-corrected chi connectivity index (χ2v) is 5.67. The van der Waals surface area contributed by atoms with E-state index in [-0.39, 0.29) is 6.10 Å². The zero-order chi connectivity index (χ0) is 18.8. The fourth-order valence-electron chi connectivity index (χ4n) is 2.08. The predicted octanol–water partition coefficient (Wildman–Crippen LogP) is 1.57. The van der Waals surface area contributed by atoms with Crippen LogP contribution in [-0.4, -0.2) is 45.8 Å². The molecule has 8 heteroatoms. The van der Waals surface area contributed by atoms with Gasteiger partial charge >= 0.3 is 23.9 Å². The van der Waals surface area contributed by atoms with E-state index in [4.69, 9.17) is 9.84 Å². The molecule has 0 saturated heterocycles. The van der Waals surface area contributed by atoms with Crippen molar-refractivity contribution in [3.05, 3.63) is 0 Å². The fraction of sp³-hybridized carbons (Fsp3) is 0.750. The van der Waals surface area contributed by atoms with Gasteiger partial charge in [-0.3, -0.25) is 14.4 Å². The highest BCUT2D eigenvalue weighted by Crippen LogP contribution is 2.20. The number of unbranched alkanes of at least 4 members (excludes halogenated alkanes) is 2. The summed E-state index contributed by atoms with van der Waals surface area (Å²) in [6.07, 6.45) is 1.79. The van der Waals surface area contributed by atoms with Crippen LogP contribution in [0.1, 0.15) is 65.7 Å². The zero-order valence-electron chi connectivity index (χ0n) is 14.4. The minimum atomic E-state index is -2.68. The number of esters is 3. The molecule has 2 atom stereocenters. The molecule has 0 saturated carbocycles. The van der Waals surface area contributed by atoms with E-state index in [9.17, 15) is 24.3 Å². The van der Waals surface area contributed by atoms with Crippen molar-refractivity contribution < 1.29 is 38.9 Å². The Labute approximate surface area is 141 Å². The molecule has 0 aromatic carbocycles. The third-order valence-electron chi connectivity index (χ3n) is 3.41. The molecule has 0 radical (unpaired) electrons. The van der Waals surface area contributed by atoms with Gasteiger partial charge in [0.05, 0.1) is 12.8 Å². The van der Waals surface area contributed by atoms with Crippen molar-refractivity contribution in [3.63, 3.8) is 0 Å². The Balaban J connectivity index is 4.73. The van der Waals surface area contributed by atoms with Crippen LogP contribution in [0.2, 0.25) is 0 Å². The van der Waals surface area contributed by atoms with Gasteiger partial charge < -0.3 is 19.7 Å². The number of carbonyl (C=O) groups excluding carboxylic acids is 3. The quantitative estimate of drug-likeness (QED) is 0.328. The summed E-state index contributed by atoms with van der Waals surface area (Å²) in [6, 6.07) is 0. The normalized spacial score (nSPS) is 14.3. The lowest BCUT2D eigenvalue weighted by Gasteiger charge is -2.23. The first-order valence-corrected chi connectivity index (χ1v) is 8.01. The molecule has 0 aliphatic heterocycles. The maximum absolute atomic E-state index is 11.9. The van der Waals surface area contributed by atoms with Crippen LogP contribution < -0.4 is 0 Å². The van der Waals surface area contributed by atoms with E-state index in [1.165, 1.54) is 0 Å². The molecule has 0 aliphatic carbocycles. The minimum Gasteiger partial charge on any atom is -0.479 e. The lowest BCUT2D eigenvalue weighted by Crippen LogP contribution is -2.44. The van der Waals surface area contributed by atoms with E-state index in [2.05, 4.69) is 4.74 Å². The number of carboxylic acids is 1. The van der Waals surface area contributed by atoms with Gasteiger partial charge in [0, 0.05) is 6.92 Å². The number of rotatable bonds is 11. The van der Waals surface area contributed by atoms with E-state index < -0.39 is 42.3 Å². The van der Waals surface area contributed by atoms with Gasteiger partial charge in [0.2, 0.25) is 0 Å². The fourth-order valence-corrected chi connectivity index (χ4v) is 2.08. The summed E-state index contributed by atoms with van der Waals surface area (Å²) in [5.41, 5.74) is -2.68. The molecule has 0 aromatic rings. The number of hydrogen-bond acceptors (Lipinski definition) is 7. The maximum atomic E-state index is 11.9. The minimum absolute atomic E-state index is 0.369. The van der Waals surface area contributed by atoms with Gasteiger partial charge in [-0.2, -0.15) is 0 Å². The second kappa shape index (κ2) is 10.7. The molecular formula is C16H26O8. The monoisotopic (exact) mass is 346 g/mol. The van der Waals surface area contributed by atoms with Crippen LogP contribution in [0.3, 0.4) is 0 Å². The molecule has 0 aromatic heterocycles. The van der Waals surface area contributed by atoms with E-state index in [1.807, 2.05) is 13.8 Å². The molecule has 0 heterocycles. The molecular weight excluding hydrogens is 320 g/mol. The third-order valence-corrected chi connectivity index (χ3v) is 3.41. The molecule has 0 aliphatic rings. The lowest BCUT2D eigenvalue weighted by atomic mass is 9.95. The largest absolute Gasteiger partial charge is 0.479 e. The summed E-state index contributed by atoms with van der Waals surface area (Å²) in [7, 11) is 0. The van der Waals surface area contributed by atoms with Gasteiger partial charge in [-0.25, -0.2) is 4.79 Å². The van der Waals surface area contributed by atoms with Crippen molar-refractivity contribution >= 4 is 23.9 Å². The summed E-state index contributed by atoms with van der Waals surface area (Å²) in [5, 5.41) is 19.1. The molecule has 24 heavy (non-hydrogen) atoms. The Hall–Kier alpha value is -1.96. The summed E-state index contributed by atoms with van der Waals surface area (Å²) in [5.74, 6) is -4.84. The molecule has 8 nitrogen and oxygen atoms in total. The zero-order valence-corrected chi connectivity index (χ0v) is 14.4. The number of ether oxygens (including phenoxy) is 2. The summed E-state index contributed by atoms with van der Waals surface area (Å²) < 4.78 is 9.37. The number of hydrogen-bond donors (Lipinski definition) is 2. The predicted molar refractivity (Wildman–Crippen MR) is 82.9 cm³/mol. The van der Waals surface area contributed by atoms with Gasteiger partial charge in [0.25, 0.3) is 0 Å². The molecule has 0 bridgehead atoms. The molecule has 0 fully saturated rings. The molecule has 2 N–H and O–H groups in total. The van der Waals surface area contributed by atoms with Gasteiger partial charge in [-0.1, -0.05) is 26.7 Å². The van der Waals surface area contributed by atoms with E-state index in [0.717, 1.165) is 26.2 Å². The van der Waals surface area contributed by atoms with Crippen LogP contribution in [0.15, 0.2) is 0 Å². The van der Waals surface area contributed by atoms with Crippen molar-refractivity contribution in [3.8, 4) is 0 Å². The van der Waals surface area contributed by atoms with E-state index in [1.54, 1.807) is 0 Å². The van der Waals surface area contributed by atoms with Crippen molar-refractivity contribution in [1.82, 2.24) is 0 Å². The highest BCUT2D eigenvalue weighted by molar-refractivity contribution is 5.91. The molecule has 2 unspecified atom stereocenters. The Bertz CT molecular complexity index is 459. The second-order valence-electron chi connectivity index (χ2n) is 5.67. The Morgan fingerprint density at radius 2 is 1.62 bits per heavy atom. The molecule has 0 rings (SSSR count). The van der Waals surface area contributed by atoms with Gasteiger partial charge in [-0.05, 0) is 19.3 Å². The van der Waals surface area contributed by atoms with Crippen LogP contribution in [-0.2, 0) is 28.7 Å². The van der Waals surface area contributed by atoms with Crippen molar-refractivity contribution in [2.75, 3.05) is 0 Å². The maximum Gasteiger partial charge on any atom is 0.336 e. The van der Waals surface area contributed by atoms with Crippen molar-refractivity contribution in [1.29, 1.82) is 0 Å². The highest BCUT2D eigenvalue weighted by Gasteiger charge is 2.42. The molecule has 0 amide bonds. The summed E-state index contributed by atoms with van der Waals surface area (Å²) in [4.78, 5) is 45.2. The smallest absolute Gasteiger partial charge is 0.336 e. The highest BCUT2D eigenvalue weighted by atomic mass is 16.6. The van der Waals surface area contributed by atoms with Gasteiger partial charge in [-0.15, -0.1) is 0 Å². The summed E-state index contributed by atoms with van der Waals surface area (Å²) in [6.45, 7) is 4.84. The summed E-state index contributed by atoms with van der Waals surface area (Å²) >= 11 is 0. The van der Waals surface area contributed by atoms with Gasteiger partial charge in [0.1, 0.15) is 6.10 Å². The Morgan fingerprint density at radius 3 is 2.08 bits per heavy atom. The Morgan fingerprint density at radius 1 is 1.04 bits per heavy atom. The number of carboxylic acid groups (broad SMARTS) is 1. The standard InChI is InChI=1S/C16H26O8/c1-4-6-7-8-12(5-2)24-14(19)10-16(22,15(20)21)9-13(18)23-11(3)17/h12,22H,4-10H2,1-3H3,(H,20,21). The lowest BCUT2D eigenvalue weighted by molar-refractivity contribution is -0.176. The Kier molecular flexibility index (Phi) is 9.87. The average Bonchev–Trinajstić information content (AvgIpc) is 2.44. The number of aliphatic hydroxyl groups is 1. The SMILES string of the molecule is CCCCCC(CC)OC(=O)CC(O)(CC(=O)OC(C)=O)C(=O)O. The third kappa shape index (κ3) is 8.61. The first kappa shape index (κ1) is 22.0. The van der Waals surface area contributed by atoms with Crippen LogP contribution in [0.25, 0.3) is 0 Å². The number of carbonyl (C=O) groups is 4. The van der Waals surface area contributed by atoms with Crippen molar-refractivity contribution in [2.45, 2.75) is 77.4 Å². The number of aliphatic carboxylic acids is 1. The van der Waals surface area contributed by atoms with Crippen LogP contribution in [0.5, 0.6) is 0 Å². The topological polar surface area (TPSA) is 127 Å². The van der Waals surface area contributed by atoms with Crippen molar-refractivity contribution in [2.24, 2.45) is 0 Å². The van der Waals surface area contributed by atoms with E-state index in [0.29, 0.717) is 12.8 Å². The molecule has 138 valence electrons. The first-order chi connectivity index (χ1) is 11.1. The van der Waals surface area contributed by atoms with Gasteiger partial charge in [0.15, 0.2) is 5.60 Å². The van der Waals surface area contributed by atoms with Crippen LogP contribution in [0, 0.1) is 0 Å². The average molecular weight is 346 g/mol. The van der Waals surface area contributed by atoms with Crippen LogP contribution in [0.4, 0.5) is 0 Å². The van der Waals surface area contributed by atoms with Crippen LogP contribution >= 0.6 is 0 Å². The molecule has 0 spiro atoms. The van der Waals surface area contributed by atoms with E-state index >= 15 is 0 Å². The first-order valence-electron chi connectivity index (χ1n) is 8.01.